The Balaban J connectivity index is 1.82. The normalized spacial score (nSPS) is 11.1. The lowest BCUT2D eigenvalue weighted by Crippen LogP contribution is -2.18. The molecule has 1 amide bonds. The summed E-state index contributed by atoms with van der Waals surface area (Å²) in [5, 5.41) is 9.75. The lowest BCUT2D eigenvalue weighted by atomic mass is 10.2. The quantitative estimate of drug-likeness (QED) is 0.624. The van der Waals surface area contributed by atoms with Gasteiger partial charge >= 0.3 is 5.91 Å². The number of aromatic nitrogens is 3. The van der Waals surface area contributed by atoms with Gasteiger partial charge in [-0.1, -0.05) is 36.4 Å². The summed E-state index contributed by atoms with van der Waals surface area (Å²) in [5.74, 6) is -0.309. The van der Waals surface area contributed by atoms with Gasteiger partial charge in [-0.15, -0.1) is 0 Å². The van der Waals surface area contributed by atoms with Gasteiger partial charge < -0.3 is 0 Å². The van der Waals surface area contributed by atoms with Crippen molar-refractivity contribution >= 4 is 18.2 Å². The third-order valence-electron chi connectivity index (χ3n) is 2.05. The maximum atomic E-state index is 11.4. The van der Waals surface area contributed by atoms with Gasteiger partial charge in [0.1, 0.15) is 6.33 Å². The van der Waals surface area contributed by atoms with Gasteiger partial charge in [-0.3, -0.25) is 9.89 Å². The molecule has 6 nitrogen and oxygen atoms in total. The van der Waals surface area contributed by atoms with Crippen LogP contribution in [0.3, 0.4) is 0 Å². The van der Waals surface area contributed by atoms with Crippen LogP contribution in [0.2, 0.25) is 0 Å². The molecular weight excluding hydrogens is 230 g/mol. The van der Waals surface area contributed by atoms with E-state index >= 15 is 0 Å². The van der Waals surface area contributed by atoms with Crippen LogP contribution in [-0.4, -0.2) is 27.3 Å². The molecule has 2 aromatic rings. The van der Waals surface area contributed by atoms with Gasteiger partial charge in [0.25, 0.3) is 0 Å². The van der Waals surface area contributed by atoms with E-state index in [-0.39, 0.29) is 5.82 Å². The predicted molar refractivity (Wildman–Crippen MR) is 67.8 cm³/mol. The Morgan fingerprint density at radius 3 is 2.89 bits per heavy atom. The molecule has 18 heavy (non-hydrogen) atoms. The summed E-state index contributed by atoms with van der Waals surface area (Å²) in [7, 11) is 0. The van der Waals surface area contributed by atoms with Gasteiger partial charge in [0.05, 0.1) is 0 Å². The summed E-state index contributed by atoms with van der Waals surface area (Å²) in [6, 6.07) is 9.78. The Bertz CT molecular complexity index is 545. The second-order valence-corrected chi connectivity index (χ2v) is 3.32. The van der Waals surface area contributed by atoms with E-state index in [9.17, 15) is 4.79 Å². The molecule has 2 rings (SSSR count). The summed E-state index contributed by atoms with van der Waals surface area (Å²) in [4.78, 5) is 15.0. The van der Waals surface area contributed by atoms with Gasteiger partial charge in [0.2, 0.25) is 5.82 Å². The molecule has 90 valence electrons. The molecule has 0 saturated heterocycles. The fraction of sp³-hybridized carbons (Fsp3) is 0. The van der Waals surface area contributed by atoms with Crippen LogP contribution >= 0.6 is 0 Å². The molecule has 0 atom stereocenters. The minimum atomic E-state index is -0.433. The Morgan fingerprint density at radius 1 is 1.33 bits per heavy atom. The summed E-state index contributed by atoms with van der Waals surface area (Å²) < 4.78 is 0. The number of aromatic amines is 1. The highest BCUT2D eigenvalue weighted by molar-refractivity contribution is 5.91. The Kier molecular flexibility index (Phi) is 3.97. The summed E-state index contributed by atoms with van der Waals surface area (Å²) in [6.45, 7) is 0. The average molecular weight is 241 g/mol. The van der Waals surface area contributed by atoms with Crippen LogP contribution in [0.5, 0.6) is 0 Å². The van der Waals surface area contributed by atoms with Crippen molar-refractivity contribution in [3.05, 3.63) is 54.1 Å². The number of H-pyrrole nitrogens is 1. The molecule has 0 aliphatic heterocycles. The lowest BCUT2D eigenvalue weighted by molar-refractivity contribution is 0.0945. The number of carbonyl (C=O) groups is 1. The zero-order valence-electron chi connectivity index (χ0n) is 9.45. The smallest absolute Gasteiger partial charge is 0.264 e. The van der Waals surface area contributed by atoms with Gasteiger partial charge in [0, 0.05) is 6.21 Å². The van der Waals surface area contributed by atoms with Gasteiger partial charge in [-0.25, -0.2) is 10.4 Å². The Labute approximate surface area is 103 Å². The van der Waals surface area contributed by atoms with Crippen LogP contribution in [-0.2, 0) is 0 Å². The molecule has 2 N–H and O–H groups in total. The molecule has 0 bridgehead atoms. The molecule has 1 aromatic carbocycles. The van der Waals surface area contributed by atoms with E-state index in [1.807, 2.05) is 36.4 Å². The third-order valence-corrected chi connectivity index (χ3v) is 2.05. The minimum Gasteiger partial charge on any atom is -0.264 e. The van der Waals surface area contributed by atoms with Crippen molar-refractivity contribution in [1.82, 2.24) is 20.6 Å². The zero-order chi connectivity index (χ0) is 12.6. The maximum absolute atomic E-state index is 11.4. The molecule has 0 radical (unpaired) electrons. The summed E-state index contributed by atoms with van der Waals surface area (Å²) in [6.07, 6.45) is 6.36. The van der Waals surface area contributed by atoms with E-state index in [2.05, 4.69) is 25.7 Å². The fourth-order valence-corrected chi connectivity index (χ4v) is 1.23. The zero-order valence-corrected chi connectivity index (χ0v) is 9.45. The molecule has 0 fully saturated rings. The maximum Gasteiger partial charge on any atom is 0.308 e. The molecule has 6 heteroatoms. The van der Waals surface area contributed by atoms with E-state index in [1.165, 1.54) is 12.5 Å². The number of hydrazone groups is 1. The van der Waals surface area contributed by atoms with Crippen LogP contribution in [0.4, 0.5) is 0 Å². The highest BCUT2D eigenvalue weighted by atomic mass is 16.2. The number of carbonyl (C=O) groups excluding carboxylic acids is 1. The van der Waals surface area contributed by atoms with Gasteiger partial charge in [-0.05, 0) is 11.6 Å². The monoisotopic (exact) mass is 241 g/mol. The fourth-order valence-electron chi connectivity index (χ4n) is 1.23. The van der Waals surface area contributed by atoms with E-state index in [0.29, 0.717) is 0 Å². The van der Waals surface area contributed by atoms with Crippen LogP contribution in [0.25, 0.3) is 6.08 Å². The second kappa shape index (κ2) is 6.09. The number of nitrogens with one attached hydrogen (secondary N) is 2. The van der Waals surface area contributed by atoms with E-state index < -0.39 is 5.91 Å². The number of amides is 1. The number of rotatable bonds is 4. The molecule has 0 aliphatic rings. The molecular formula is C12H11N5O. The van der Waals surface area contributed by atoms with E-state index in [1.54, 1.807) is 6.08 Å². The number of hydrogen-bond donors (Lipinski definition) is 2. The van der Waals surface area contributed by atoms with E-state index in [4.69, 9.17) is 0 Å². The van der Waals surface area contributed by atoms with Gasteiger partial charge in [-0.2, -0.15) is 10.2 Å². The van der Waals surface area contributed by atoms with Crippen molar-refractivity contribution in [2.45, 2.75) is 0 Å². The molecule has 0 spiro atoms. The SMILES string of the molecule is O=C(NN=CC=Cc1ccccc1)c1ncn[nH]1. The average Bonchev–Trinajstić information content (AvgIpc) is 2.93. The van der Waals surface area contributed by atoms with Crippen LogP contribution in [0.15, 0.2) is 47.8 Å². The third kappa shape index (κ3) is 3.38. The van der Waals surface area contributed by atoms with E-state index in [0.717, 1.165) is 5.56 Å². The van der Waals surface area contributed by atoms with Crippen molar-refractivity contribution in [3.63, 3.8) is 0 Å². The van der Waals surface area contributed by atoms with Gasteiger partial charge in [0.15, 0.2) is 0 Å². The van der Waals surface area contributed by atoms with Crippen LogP contribution < -0.4 is 5.43 Å². The first kappa shape index (κ1) is 11.7. The highest BCUT2D eigenvalue weighted by Gasteiger charge is 2.05. The highest BCUT2D eigenvalue weighted by Crippen LogP contribution is 1.99. The summed E-state index contributed by atoms with van der Waals surface area (Å²) >= 11 is 0. The minimum absolute atomic E-state index is 0.124. The molecule has 0 saturated carbocycles. The van der Waals surface area contributed by atoms with Crippen molar-refractivity contribution in [2.75, 3.05) is 0 Å². The van der Waals surface area contributed by atoms with Crippen LogP contribution in [0, 0.1) is 0 Å². The molecule has 0 unspecified atom stereocenters. The summed E-state index contributed by atoms with van der Waals surface area (Å²) in [5.41, 5.74) is 3.38. The number of hydrogen-bond acceptors (Lipinski definition) is 4. The first-order valence-electron chi connectivity index (χ1n) is 5.27. The van der Waals surface area contributed by atoms with Crippen LogP contribution in [0.1, 0.15) is 16.2 Å². The van der Waals surface area contributed by atoms with Crippen molar-refractivity contribution < 1.29 is 4.79 Å². The number of nitrogens with zero attached hydrogens (tertiary/aromatic N) is 3. The second-order valence-electron chi connectivity index (χ2n) is 3.32. The lowest BCUT2D eigenvalue weighted by Gasteiger charge is -1.92. The van der Waals surface area contributed by atoms with Crippen molar-refractivity contribution in [2.24, 2.45) is 5.10 Å². The Hall–Kier alpha value is -2.76. The first-order valence-corrected chi connectivity index (χ1v) is 5.27. The number of allylic oxidation sites excluding steroid dienone is 1. The number of benzene rings is 1. The molecule has 0 aliphatic carbocycles. The standard InChI is InChI=1S/C12H11N5O/c18-12(11-13-9-15-16-11)17-14-8-4-7-10-5-2-1-3-6-10/h1-9H,(H,17,18)(H,13,15,16). The first-order chi connectivity index (χ1) is 8.86. The van der Waals surface area contributed by atoms with Crippen molar-refractivity contribution in [3.8, 4) is 0 Å². The Morgan fingerprint density at radius 2 is 2.17 bits per heavy atom. The molecule has 1 aromatic heterocycles. The predicted octanol–water partition coefficient (Wildman–Crippen LogP) is 1.23. The van der Waals surface area contributed by atoms with Crippen molar-refractivity contribution in [1.29, 1.82) is 0 Å². The largest absolute Gasteiger partial charge is 0.308 e. The topological polar surface area (TPSA) is 83.0 Å². The molecule has 1 heterocycles.